The van der Waals surface area contributed by atoms with Gasteiger partial charge in [-0.3, -0.25) is 4.98 Å². The Morgan fingerprint density at radius 3 is 2.76 bits per heavy atom. The molecule has 1 unspecified atom stereocenters. The van der Waals surface area contributed by atoms with Crippen LogP contribution in [0.15, 0.2) is 36.5 Å². The van der Waals surface area contributed by atoms with Gasteiger partial charge in [0.15, 0.2) is 0 Å². The largest absolute Gasteiger partial charge is 0.598 e. The maximum atomic E-state index is 14.3. The van der Waals surface area contributed by atoms with Crippen molar-refractivity contribution in [2.45, 2.75) is 44.4 Å². The number of pyridine rings is 1. The molecule has 2 aromatic rings. The lowest BCUT2D eigenvalue weighted by molar-refractivity contribution is 0.221. The zero-order chi connectivity index (χ0) is 18.2. The highest BCUT2D eigenvalue weighted by atomic mass is 32.2. The summed E-state index contributed by atoms with van der Waals surface area (Å²) in [5.41, 5.74) is 1.06. The lowest BCUT2D eigenvalue weighted by Crippen LogP contribution is -2.54. The third-order valence-electron chi connectivity index (χ3n) is 4.40. The maximum Gasteiger partial charge on any atom is 0.143 e. The molecule has 25 heavy (non-hydrogen) atoms. The van der Waals surface area contributed by atoms with Crippen LogP contribution in [0, 0.1) is 12.7 Å². The first-order valence-electron chi connectivity index (χ1n) is 8.29. The average molecular weight is 362 g/mol. The number of ether oxygens (including phenoxy) is 1. The first kappa shape index (κ1) is 18.2. The molecule has 0 aliphatic carbocycles. The second-order valence-corrected chi connectivity index (χ2v) is 9.27. The van der Waals surface area contributed by atoms with Gasteiger partial charge in [0.2, 0.25) is 0 Å². The predicted molar refractivity (Wildman–Crippen MR) is 97.3 cm³/mol. The van der Waals surface area contributed by atoms with Gasteiger partial charge >= 0.3 is 0 Å². The number of benzene rings is 1. The molecule has 1 N–H and O–H groups in total. The lowest BCUT2D eigenvalue weighted by Gasteiger charge is -2.40. The van der Waals surface area contributed by atoms with Crippen molar-refractivity contribution in [2.24, 2.45) is 0 Å². The molecule has 2 heterocycles. The Balaban J connectivity index is 2.18. The molecule has 0 radical (unpaired) electrons. The molecule has 0 spiro atoms. The van der Waals surface area contributed by atoms with Gasteiger partial charge in [0.25, 0.3) is 0 Å². The van der Waals surface area contributed by atoms with Crippen LogP contribution in [-0.4, -0.2) is 20.9 Å². The molecular formula is C19H23FN2O2S. The summed E-state index contributed by atoms with van der Waals surface area (Å²) >= 11 is -1.36. The third kappa shape index (κ3) is 3.38. The van der Waals surface area contributed by atoms with Crippen molar-refractivity contribution in [3.8, 4) is 5.75 Å². The SMILES string of the molecule is Cc1ccc([C@@]2(N[S+]([O-])C(C)(C)C)CCOc3cccnc32)cc1F. The van der Waals surface area contributed by atoms with Crippen LogP contribution >= 0.6 is 0 Å². The molecule has 0 saturated carbocycles. The zero-order valence-corrected chi connectivity index (χ0v) is 15.7. The van der Waals surface area contributed by atoms with Crippen LogP contribution in [0.5, 0.6) is 5.75 Å². The fraction of sp³-hybridized carbons (Fsp3) is 0.421. The molecule has 1 aliphatic rings. The van der Waals surface area contributed by atoms with Crippen molar-refractivity contribution in [3.05, 3.63) is 59.2 Å². The molecule has 0 fully saturated rings. The standard InChI is InChI=1S/C19H23FN2O2S/c1-13-7-8-14(12-15(13)20)19(22-25(23)18(2,3)4)9-11-24-16-6-5-10-21-17(16)19/h5-8,10,12,22H,9,11H2,1-4H3/t19-,25?/m0/s1. The van der Waals surface area contributed by atoms with Crippen molar-refractivity contribution < 1.29 is 13.7 Å². The van der Waals surface area contributed by atoms with Gasteiger partial charge in [-0.1, -0.05) is 12.1 Å². The Morgan fingerprint density at radius 1 is 1.32 bits per heavy atom. The zero-order valence-electron chi connectivity index (χ0n) is 14.9. The summed E-state index contributed by atoms with van der Waals surface area (Å²) in [7, 11) is 0. The summed E-state index contributed by atoms with van der Waals surface area (Å²) < 4.78 is 35.7. The molecular weight excluding hydrogens is 339 g/mol. The van der Waals surface area contributed by atoms with E-state index in [2.05, 4.69) is 9.71 Å². The molecule has 1 aromatic heterocycles. The molecule has 4 nitrogen and oxygen atoms in total. The quantitative estimate of drug-likeness (QED) is 0.848. The fourth-order valence-corrected chi connectivity index (χ4v) is 3.81. The summed E-state index contributed by atoms with van der Waals surface area (Å²) in [5, 5.41) is 0. The van der Waals surface area contributed by atoms with Gasteiger partial charge in [0.05, 0.1) is 6.61 Å². The molecule has 0 amide bonds. The molecule has 2 atom stereocenters. The van der Waals surface area contributed by atoms with E-state index in [0.717, 1.165) is 0 Å². The number of aromatic nitrogens is 1. The topological polar surface area (TPSA) is 57.2 Å². The van der Waals surface area contributed by atoms with E-state index in [1.54, 1.807) is 25.3 Å². The van der Waals surface area contributed by atoms with Crippen LogP contribution < -0.4 is 9.46 Å². The number of nitrogens with zero attached hydrogens (tertiary/aromatic N) is 1. The average Bonchev–Trinajstić information content (AvgIpc) is 2.56. The summed E-state index contributed by atoms with van der Waals surface area (Å²) in [6, 6.07) is 8.75. The molecule has 0 saturated heterocycles. The van der Waals surface area contributed by atoms with Crippen LogP contribution in [0.3, 0.4) is 0 Å². The van der Waals surface area contributed by atoms with E-state index in [-0.39, 0.29) is 5.82 Å². The highest BCUT2D eigenvalue weighted by molar-refractivity contribution is 7.90. The summed E-state index contributed by atoms with van der Waals surface area (Å²) in [6.07, 6.45) is 2.19. The van der Waals surface area contributed by atoms with Crippen LogP contribution in [-0.2, 0) is 16.9 Å². The Hall–Kier alpha value is -1.63. The van der Waals surface area contributed by atoms with E-state index in [1.165, 1.54) is 6.07 Å². The summed E-state index contributed by atoms with van der Waals surface area (Å²) in [5.74, 6) is 0.345. The molecule has 134 valence electrons. The first-order valence-corrected chi connectivity index (χ1v) is 9.44. The van der Waals surface area contributed by atoms with Crippen LogP contribution in [0.4, 0.5) is 4.39 Å². The molecule has 1 aliphatic heterocycles. The summed E-state index contributed by atoms with van der Waals surface area (Å²) in [4.78, 5) is 4.49. The Kier molecular flexibility index (Phi) is 4.79. The number of hydrogen-bond donors (Lipinski definition) is 1. The Bertz CT molecular complexity index is 778. The summed E-state index contributed by atoms with van der Waals surface area (Å²) in [6.45, 7) is 7.86. The van der Waals surface area contributed by atoms with Crippen LogP contribution in [0.1, 0.15) is 44.0 Å². The monoisotopic (exact) mass is 362 g/mol. The first-order chi connectivity index (χ1) is 11.7. The minimum atomic E-state index is -1.36. The number of fused-ring (bicyclic) bond motifs is 1. The van der Waals surface area contributed by atoms with Crippen LogP contribution in [0.25, 0.3) is 0 Å². The highest BCUT2D eigenvalue weighted by Crippen LogP contribution is 2.42. The van der Waals surface area contributed by atoms with E-state index in [9.17, 15) is 8.94 Å². The minimum Gasteiger partial charge on any atom is -0.598 e. The number of hydrogen-bond acceptors (Lipinski definition) is 4. The molecule has 0 bridgehead atoms. The second kappa shape index (κ2) is 6.59. The van der Waals surface area contributed by atoms with E-state index in [0.29, 0.717) is 35.6 Å². The van der Waals surface area contributed by atoms with Crippen molar-refractivity contribution in [2.75, 3.05) is 6.61 Å². The Labute approximate surface area is 151 Å². The van der Waals surface area contributed by atoms with Gasteiger partial charge in [-0.25, -0.2) is 4.39 Å². The fourth-order valence-electron chi connectivity index (χ4n) is 2.87. The van der Waals surface area contributed by atoms with Crippen molar-refractivity contribution in [1.82, 2.24) is 9.71 Å². The highest BCUT2D eigenvalue weighted by Gasteiger charge is 2.47. The Morgan fingerprint density at radius 2 is 2.08 bits per heavy atom. The van der Waals surface area contributed by atoms with Crippen molar-refractivity contribution in [3.63, 3.8) is 0 Å². The van der Waals surface area contributed by atoms with E-state index in [4.69, 9.17) is 4.74 Å². The minimum absolute atomic E-state index is 0.288. The molecule has 3 rings (SSSR count). The normalized spacial score (nSPS) is 21.4. The second-order valence-electron chi connectivity index (χ2n) is 7.30. The number of rotatable bonds is 3. The third-order valence-corrected chi connectivity index (χ3v) is 6.04. The number of halogens is 1. The van der Waals surface area contributed by atoms with Gasteiger partial charge < -0.3 is 9.29 Å². The number of nitrogens with one attached hydrogen (secondary N) is 1. The number of aryl methyl sites for hydroxylation is 1. The molecule has 1 aromatic carbocycles. The molecule has 6 heteroatoms. The van der Waals surface area contributed by atoms with E-state index in [1.807, 2.05) is 32.9 Å². The lowest BCUT2D eigenvalue weighted by atomic mass is 9.82. The van der Waals surface area contributed by atoms with Gasteiger partial charge in [-0.2, -0.15) is 0 Å². The predicted octanol–water partition coefficient (Wildman–Crippen LogP) is 3.61. The van der Waals surface area contributed by atoms with Crippen LogP contribution in [0.2, 0.25) is 0 Å². The van der Waals surface area contributed by atoms with Gasteiger partial charge in [-0.15, -0.1) is 4.72 Å². The van der Waals surface area contributed by atoms with Gasteiger partial charge in [-0.05, 0) is 57.0 Å². The van der Waals surface area contributed by atoms with Crippen molar-refractivity contribution >= 4 is 11.4 Å². The smallest absolute Gasteiger partial charge is 0.143 e. The maximum absolute atomic E-state index is 14.3. The van der Waals surface area contributed by atoms with Gasteiger partial charge in [0.1, 0.15) is 27.5 Å². The van der Waals surface area contributed by atoms with Crippen molar-refractivity contribution in [1.29, 1.82) is 0 Å². The van der Waals surface area contributed by atoms with E-state index >= 15 is 0 Å². The van der Waals surface area contributed by atoms with Gasteiger partial charge in [0, 0.05) is 24.0 Å². The van der Waals surface area contributed by atoms with E-state index < -0.39 is 21.6 Å².